The van der Waals surface area contributed by atoms with Gasteiger partial charge in [-0.1, -0.05) is 18.2 Å². The van der Waals surface area contributed by atoms with Crippen molar-refractivity contribution in [2.24, 2.45) is 0 Å². The molecule has 0 bridgehead atoms. The average molecular weight is 317 g/mol. The van der Waals surface area contributed by atoms with Crippen LogP contribution >= 0.6 is 0 Å². The van der Waals surface area contributed by atoms with E-state index >= 15 is 0 Å². The number of aromatic nitrogens is 2. The number of rotatable bonds is 4. The third-order valence-corrected chi connectivity index (χ3v) is 3.90. The quantitative estimate of drug-likeness (QED) is 0.869. The number of H-pyrrole nitrogens is 1. The van der Waals surface area contributed by atoms with Crippen molar-refractivity contribution in [3.05, 3.63) is 52.4 Å². The number of amides is 1. The average Bonchev–Trinajstić information content (AvgIpc) is 2.98. The summed E-state index contributed by atoms with van der Waals surface area (Å²) < 4.78 is 12.0. The second-order valence-corrected chi connectivity index (χ2v) is 5.40. The molecule has 2 atom stereocenters. The molecule has 23 heavy (non-hydrogen) atoms. The van der Waals surface area contributed by atoms with Gasteiger partial charge in [0.1, 0.15) is 11.8 Å². The van der Waals surface area contributed by atoms with Crippen LogP contribution in [0.2, 0.25) is 0 Å². The summed E-state index contributed by atoms with van der Waals surface area (Å²) in [7, 11) is 1.59. The van der Waals surface area contributed by atoms with Gasteiger partial charge in [-0.2, -0.15) is 0 Å². The summed E-state index contributed by atoms with van der Waals surface area (Å²) in [5, 5.41) is 5.74. The lowest BCUT2D eigenvalue weighted by atomic mass is 10.1. The molecule has 3 rings (SSSR count). The Morgan fingerprint density at radius 3 is 2.91 bits per heavy atom. The fourth-order valence-electron chi connectivity index (χ4n) is 2.64. The first-order valence-corrected chi connectivity index (χ1v) is 7.48. The van der Waals surface area contributed by atoms with Crippen LogP contribution in [0.25, 0.3) is 5.69 Å². The van der Waals surface area contributed by atoms with Crippen molar-refractivity contribution in [2.45, 2.75) is 18.6 Å². The Bertz CT molecular complexity index is 722. The summed E-state index contributed by atoms with van der Waals surface area (Å²) in [6, 6.07) is 10.3. The summed E-state index contributed by atoms with van der Waals surface area (Å²) in [4.78, 5) is 24.4. The number of hydrogen-bond donors (Lipinski definition) is 2. The zero-order valence-corrected chi connectivity index (χ0v) is 12.8. The Balaban J connectivity index is 1.77. The number of para-hydroxylation sites is 1. The van der Waals surface area contributed by atoms with E-state index in [-0.39, 0.29) is 29.3 Å². The van der Waals surface area contributed by atoms with E-state index in [0.29, 0.717) is 25.3 Å². The van der Waals surface area contributed by atoms with Crippen molar-refractivity contribution in [3.63, 3.8) is 0 Å². The molecule has 122 valence electrons. The minimum absolute atomic E-state index is 0.134. The number of hydrogen-bond acceptors (Lipinski definition) is 4. The number of ether oxygens (including phenoxy) is 2. The highest BCUT2D eigenvalue weighted by molar-refractivity contribution is 5.92. The summed E-state index contributed by atoms with van der Waals surface area (Å²) >= 11 is 0. The Morgan fingerprint density at radius 1 is 1.39 bits per heavy atom. The molecule has 0 spiro atoms. The van der Waals surface area contributed by atoms with E-state index < -0.39 is 0 Å². The van der Waals surface area contributed by atoms with Gasteiger partial charge in [-0.25, -0.2) is 4.68 Å². The normalized spacial score (nSPS) is 21.1. The molecule has 2 aromatic rings. The molecular formula is C16H19N3O4. The number of carbonyl (C=O) groups excluding carboxylic acids is 1. The Kier molecular flexibility index (Phi) is 4.59. The lowest BCUT2D eigenvalue weighted by molar-refractivity contribution is -0.0479. The third kappa shape index (κ3) is 3.35. The van der Waals surface area contributed by atoms with E-state index in [0.717, 1.165) is 0 Å². The third-order valence-electron chi connectivity index (χ3n) is 3.90. The SMILES string of the molecule is CO[C@H]1COCC[C@@H]1NC(=O)c1cc(=O)n(-c2ccccc2)[nH]1. The number of benzene rings is 1. The number of nitrogens with one attached hydrogen (secondary N) is 2. The van der Waals surface area contributed by atoms with Gasteiger partial charge in [0.05, 0.1) is 18.3 Å². The van der Waals surface area contributed by atoms with Crippen LogP contribution in [0, 0.1) is 0 Å². The predicted octanol–water partition coefficient (Wildman–Crippen LogP) is 0.699. The fraction of sp³-hybridized carbons (Fsp3) is 0.375. The van der Waals surface area contributed by atoms with E-state index in [2.05, 4.69) is 10.4 Å². The molecule has 2 N–H and O–H groups in total. The maximum atomic E-state index is 12.4. The zero-order valence-electron chi connectivity index (χ0n) is 12.8. The minimum Gasteiger partial charge on any atom is -0.379 e. The van der Waals surface area contributed by atoms with Crippen LogP contribution in [-0.4, -0.2) is 48.2 Å². The van der Waals surface area contributed by atoms with Crippen molar-refractivity contribution in [1.82, 2.24) is 15.1 Å². The molecule has 1 amide bonds. The molecule has 2 heterocycles. The van der Waals surface area contributed by atoms with Crippen LogP contribution in [-0.2, 0) is 9.47 Å². The zero-order chi connectivity index (χ0) is 16.2. The maximum absolute atomic E-state index is 12.4. The van der Waals surface area contributed by atoms with Crippen LogP contribution in [0.5, 0.6) is 0 Å². The van der Waals surface area contributed by atoms with E-state index in [4.69, 9.17) is 9.47 Å². The summed E-state index contributed by atoms with van der Waals surface area (Å²) in [5.74, 6) is -0.328. The Morgan fingerprint density at radius 2 is 2.17 bits per heavy atom. The van der Waals surface area contributed by atoms with Crippen molar-refractivity contribution < 1.29 is 14.3 Å². The Hall–Kier alpha value is -2.38. The van der Waals surface area contributed by atoms with Gasteiger partial charge < -0.3 is 14.8 Å². The largest absolute Gasteiger partial charge is 0.379 e. The van der Waals surface area contributed by atoms with Gasteiger partial charge in [-0.05, 0) is 18.6 Å². The molecule has 1 aliphatic rings. The summed E-state index contributed by atoms with van der Waals surface area (Å²) in [5.41, 5.74) is 0.620. The molecule has 1 aliphatic heterocycles. The minimum atomic E-state index is -0.328. The van der Waals surface area contributed by atoms with Gasteiger partial charge in [0, 0.05) is 19.8 Å². The molecule has 0 aliphatic carbocycles. The first-order chi connectivity index (χ1) is 11.2. The van der Waals surface area contributed by atoms with Crippen molar-refractivity contribution in [1.29, 1.82) is 0 Å². The molecular weight excluding hydrogens is 298 g/mol. The van der Waals surface area contributed by atoms with E-state index in [9.17, 15) is 9.59 Å². The van der Waals surface area contributed by atoms with Crippen LogP contribution in [0.1, 0.15) is 16.9 Å². The van der Waals surface area contributed by atoms with Crippen LogP contribution in [0.15, 0.2) is 41.2 Å². The van der Waals surface area contributed by atoms with Crippen LogP contribution in [0.4, 0.5) is 0 Å². The summed E-state index contributed by atoms with van der Waals surface area (Å²) in [6.07, 6.45) is 0.490. The molecule has 0 radical (unpaired) electrons. The Labute approximate surface area is 133 Å². The number of carbonyl (C=O) groups is 1. The van der Waals surface area contributed by atoms with Crippen molar-refractivity contribution in [3.8, 4) is 5.69 Å². The second kappa shape index (κ2) is 6.80. The van der Waals surface area contributed by atoms with E-state index in [1.807, 2.05) is 18.2 Å². The summed E-state index contributed by atoms with van der Waals surface area (Å²) in [6.45, 7) is 1.02. The molecule has 1 aromatic carbocycles. The highest BCUT2D eigenvalue weighted by atomic mass is 16.5. The molecule has 1 fully saturated rings. The molecule has 0 unspecified atom stereocenters. The smallest absolute Gasteiger partial charge is 0.271 e. The van der Waals surface area contributed by atoms with Gasteiger partial charge in [-0.3, -0.25) is 14.7 Å². The van der Waals surface area contributed by atoms with Gasteiger partial charge >= 0.3 is 0 Å². The van der Waals surface area contributed by atoms with E-state index in [1.54, 1.807) is 19.2 Å². The number of aromatic amines is 1. The molecule has 7 nitrogen and oxygen atoms in total. The molecule has 1 aromatic heterocycles. The van der Waals surface area contributed by atoms with Crippen LogP contribution < -0.4 is 10.9 Å². The topological polar surface area (TPSA) is 85.3 Å². The lowest BCUT2D eigenvalue weighted by Crippen LogP contribution is -2.49. The maximum Gasteiger partial charge on any atom is 0.271 e. The first kappa shape index (κ1) is 15.5. The molecule has 0 saturated carbocycles. The standard InChI is InChI=1S/C16H19N3O4/c1-22-14-10-23-8-7-12(14)17-16(21)13-9-15(20)19(18-13)11-5-3-2-4-6-11/h2-6,9,12,14,18H,7-8,10H2,1H3,(H,17,21)/t12-,14-/m0/s1. The van der Waals surface area contributed by atoms with Crippen molar-refractivity contribution >= 4 is 5.91 Å². The molecule has 1 saturated heterocycles. The van der Waals surface area contributed by atoms with Crippen molar-refractivity contribution in [2.75, 3.05) is 20.3 Å². The second-order valence-electron chi connectivity index (χ2n) is 5.40. The monoisotopic (exact) mass is 317 g/mol. The lowest BCUT2D eigenvalue weighted by Gasteiger charge is -2.30. The predicted molar refractivity (Wildman–Crippen MR) is 83.9 cm³/mol. The number of methoxy groups -OCH3 is 1. The van der Waals surface area contributed by atoms with Crippen LogP contribution in [0.3, 0.4) is 0 Å². The van der Waals surface area contributed by atoms with E-state index in [1.165, 1.54) is 10.7 Å². The van der Waals surface area contributed by atoms with Gasteiger partial charge in [-0.15, -0.1) is 0 Å². The van der Waals surface area contributed by atoms with Gasteiger partial charge in [0.2, 0.25) is 0 Å². The first-order valence-electron chi connectivity index (χ1n) is 7.48. The van der Waals surface area contributed by atoms with Gasteiger partial charge in [0.15, 0.2) is 0 Å². The van der Waals surface area contributed by atoms with Gasteiger partial charge in [0.25, 0.3) is 11.5 Å². The fourth-order valence-corrected chi connectivity index (χ4v) is 2.64. The molecule has 7 heteroatoms. The highest BCUT2D eigenvalue weighted by Crippen LogP contribution is 2.11. The number of nitrogens with zero attached hydrogens (tertiary/aromatic N) is 1. The highest BCUT2D eigenvalue weighted by Gasteiger charge is 2.27.